The first-order chi connectivity index (χ1) is 4.70. The molecule has 0 aliphatic heterocycles. The van der Waals surface area contributed by atoms with E-state index in [1.807, 2.05) is 0 Å². The van der Waals surface area contributed by atoms with E-state index >= 15 is 0 Å². The van der Waals surface area contributed by atoms with E-state index in [0.29, 0.717) is 6.42 Å². The fraction of sp³-hybridized carbons (Fsp3) is 0.833. The lowest BCUT2D eigenvalue weighted by molar-refractivity contribution is -0.0802. The van der Waals surface area contributed by atoms with Crippen molar-refractivity contribution in [2.24, 2.45) is 0 Å². The molecule has 4 heteroatoms. The summed E-state index contributed by atoms with van der Waals surface area (Å²) >= 11 is 0. The van der Waals surface area contributed by atoms with Gasteiger partial charge >= 0.3 is 6.16 Å². The molecule has 0 aromatic rings. The lowest BCUT2D eigenvalue weighted by Gasteiger charge is -2.07. The highest BCUT2D eigenvalue weighted by Crippen LogP contribution is 1.94. The number of carbonyl (C=O) groups is 1. The van der Waals surface area contributed by atoms with Gasteiger partial charge in [-0.05, 0) is 6.92 Å². The van der Waals surface area contributed by atoms with Crippen molar-refractivity contribution >= 4 is 6.16 Å². The molecule has 0 radical (unpaired) electrons. The highest BCUT2D eigenvalue weighted by Gasteiger charge is 2.07. The van der Waals surface area contributed by atoms with Crippen LogP contribution in [0.3, 0.4) is 0 Å². The van der Waals surface area contributed by atoms with Crippen LogP contribution in [0.25, 0.3) is 0 Å². The first-order valence-electron chi connectivity index (χ1n) is 3.22. The first kappa shape index (κ1) is 9.23. The summed E-state index contributed by atoms with van der Waals surface area (Å²) in [4.78, 5) is 10.4. The molecule has 1 unspecified atom stereocenters. The molecule has 0 amide bonds. The molecule has 0 saturated carbocycles. The summed E-state index contributed by atoms with van der Waals surface area (Å²) in [5.74, 6) is 0. The smallest absolute Gasteiger partial charge is 0.435 e. The Kier molecular flexibility index (Phi) is 4.66. The van der Waals surface area contributed by atoms with Crippen molar-refractivity contribution in [3.8, 4) is 0 Å². The number of carbonyl (C=O) groups excluding carboxylic acids is 1. The van der Waals surface area contributed by atoms with Gasteiger partial charge in [-0.3, -0.25) is 0 Å². The fourth-order valence-electron chi connectivity index (χ4n) is 0.346. The summed E-state index contributed by atoms with van der Waals surface area (Å²) in [7, 11) is 0. The largest absolute Gasteiger partial charge is 0.510 e. The van der Waals surface area contributed by atoms with E-state index in [0.717, 1.165) is 0 Å². The molecular formula is C6H12O4. The summed E-state index contributed by atoms with van der Waals surface area (Å²) < 4.78 is 8.73. The Morgan fingerprint density at radius 3 is 2.60 bits per heavy atom. The predicted molar refractivity (Wildman–Crippen MR) is 34.4 cm³/mol. The molecule has 1 N–H and O–H groups in total. The van der Waals surface area contributed by atoms with Gasteiger partial charge in [0.05, 0.1) is 6.61 Å². The average Bonchev–Trinajstić information content (AvgIpc) is 1.88. The van der Waals surface area contributed by atoms with Crippen LogP contribution in [0.2, 0.25) is 0 Å². The minimum Gasteiger partial charge on any atom is -0.435 e. The highest BCUT2D eigenvalue weighted by atomic mass is 16.8. The van der Waals surface area contributed by atoms with Crippen molar-refractivity contribution in [1.82, 2.24) is 0 Å². The number of aliphatic hydroxyl groups excluding tert-OH is 1. The molecule has 60 valence electrons. The molecule has 0 saturated heterocycles. The summed E-state index contributed by atoms with van der Waals surface area (Å²) in [6, 6.07) is 0. The van der Waals surface area contributed by atoms with Gasteiger partial charge < -0.3 is 14.6 Å². The van der Waals surface area contributed by atoms with Crippen LogP contribution >= 0.6 is 0 Å². The van der Waals surface area contributed by atoms with Crippen molar-refractivity contribution in [2.45, 2.75) is 26.6 Å². The third-order valence-corrected chi connectivity index (χ3v) is 0.844. The van der Waals surface area contributed by atoms with Crippen molar-refractivity contribution in [1.29, 1.82) is 0 Å². The molecule has 0 bridgehead atoms. The monoisotopic (exact) mass is 148 g/mol. The van der Waals surface area contributed by atoms with Gasteiger partial charge in [0, 0.05) is 6.42 Å². The number of aliphatic hydroxyl groups is 1. The first-order valence-corrected chi connectivity index (χ1v) is 3.22. The number of rotatable bonds is 3. The Morgan fingerprint density at radius 1 is 1.60 bits per heavy atom. The maximum absolute atomic E-state index is 10.4. The fourth-order valence-corrected chi connectivity index (χ4v) is 0.346. The maximum atomic E-state index is 10.4. The van der Waals surface area contributed by atoms with E-state index in [4.69, 9.17) is 5.11 Å². The SMILES string of the molecule is CCOC(=O)OC(O)CC. The van der Waals surface area contributed by atoms with E-state index in [9.17, 15) is 4.79 Å². The lowest BCUT2D eigenvalue weighted by Crippen LogP contribution is -2.17. The molecular weight excluding hydrogens is 136 g/mol. The average molecular weight is 148 g/mol. The van der Waals surface area contributed by atoms with Gasteiger partial charge in [-0.15, -0.1) is 0 Å². The van der Waals surface area contributed by atoms with Gasteiger partial charge in [0.15, 0.2) is 0 Å². The number of hydrogen-bond acceptors (Lipinski definition) is 4. The highest BCUT2D eigenvalue weighted by molar-refractivity contribution is 5.59. The Balaban J connectivity index is 3.37. The minimum atomic E-state index is -1.04. The molecule has 0 rings (SSSR count). The van der Waals surface area contributed by atoms with E-state index < -0.39 is 12.4 Å². The van der Waals surface area contributed by atoms with Crippen LogP contribution in [0, 0.1) is 0 Å². The second-order valence-corrected chi connectivity index (χ2v) is 1.66. The van der Waals surface area contributed by atoms with Crippen LogP contribution in [0.4, 0.5) is 4.79 Å². The molecule has 0 aliphatic carbocycles. The number of hydrogen-bond donors (Lipinski definition) is 1. The maximum Gasteiger partial charge on any atom is 0.510 e. The summed E-state index contributed by atoms with van der Waals surface area (Å²) in [6.45, 7) is 3.62. The molecule has 1 atom stereocenters. The zero-order valence-corrected chi connectivity index (χ0v) is 6.16. The Morgan fingerprint density at radius 2 is 2.20 bits per heavy atom. The van der Waals surface area contributed by atoms with Crippen LogP contribution < -0.4 is 0 Å². The van der Waals surface area contributed by atoms with Gasteiger partial charge in [-0.2, -0.15) is 0 Å². The number of ether oxygens (including phenoxy) is 2. The lowest BCUT2D eigenvalue weighted by atomic mass is 10.5. The Bertz CT molecular complexity index is 102. The molecule has 0 aromatic heterocycles. The van der Waals surface area contributed by atoms with Crippen LogP contribution in [0.5, 0.6) is 0 Å². The van der Waals surface area contributed by atoms with Crippen molar-refractivity contribution in [3.63, 3.8) is 0 Å². The Hall–Kier alpha value is -0.770. The van der Waals surface area contributed by atoms with E-state index in [2.05, 4.69) is 9.47 Å². The van der Waals surface area contributed by atoms with Crippen LogP contribution in [0.15, 0.2) is 0 Å². The molecule has 0 aliphatic rings. The second kappa shape index (κ2) is 5.05. The second-order valence-electron chi connectivity index (χ2n) is 1.66. The van der Waals surface area contributed by atoms with Gasteiger partial charge in [0.2, 0.25) is 6.29 Å². The van der Waals surface area contributed by atoms with Crippen LogP contribution in [-0.4, -0.2) is 24.2 Å². The Labute approximate surface area is 59.7 Å². The predicted octanol–water partition coefficient (Wildman–Crippen LogP) is 0.888. The molecule has 0 fully saturated rings. The topological polar surface area (TPSA) is 55.8 Å². The van der Waals surface area contributed by atoms with Crippen molar-refractivity contribution in [2.75, 3.05) is 6.61 Å². The van der Waals surface area contributed by atoms with Crippen molar-refractivity contribution in [3.05, 3.63) is 0 Å². The van der Waals surface area contributed by atoms with Gasteiger partial charge in [0.25, 0.3) is 0 Å². The van der Waals surface area contributed by atoms with Crippen molar-refractivity contribution < 1.29 is 19.4 Å². The molecule has 4 nitrogen and oxygen atoms in total. The van der Waals surface area contributed by atoms with E-state index in [-0.39, 0.29) is 6.61 Å². The summed E-state index contributed by atoms with van der Waals surface area (Å²) in [5.41, 5.74) is 0. The van der Waals surface area contributed by atoms with E-state index in [1.54, 1.807) is 13.8 Å². The van der Waals surface area contributed by atoms with Gasteiger partial charge in [-0.1, -0.05) is 6.92 Å². The van der Waals surface area contributed by atoms with E-state index in [1.165, 1.54) is 0 Å². The molecule has 10 heavy (non-hydrogen) atoms. The van der Waals surface area contributed by atoms with Crippen LogP contribution in [-0.2, 0) is 9.47 Å². The summed E-state index contributed by atoms with van der Waals surface area (Å²) in [5, 5.41) is 8.73. The third-order valence-electron chi connectivity index (χ3n) is 0.844. The minimum absolute atomic E-state index is 0.259. The van der Waals surface area contributed by atoms with Gasteiger partial charge in [-0.25, -0.2) is 4.79 Å². The van der Waals surface area contributed by atoms with Gasteiger partial charge in [0.1, 0.15) is 0 Å². The normalized spacial score (nSPS) is 12.3. The standard InChI is InChI=1S/C6H12O4/c1-3-5(7)10-6(8)9-4-2/h5,7H,3-4H2,1-2H3. The van der Waals surface area contributed by atoms with Crippen LogP contribution in [0.1, 0.15) is 20.3 Å². The quantitative estimate of drug-likeness (QED) is 0.477. The zero-order valence-electron chi connectivity index (χ0n) is 6.16. The molecule has 0 aromatic carbocycles. The molecule has 0 heterocycles. The third kappa shape index (κ3) is 4.14. The summed E-state index contributed by atoms with van der Waals surface area (Å²) in [6.07, 6.45) is -1.49. The molecule has 0 spiro atoms. The zero-order chi connectivity index (χ0) is 7.98.